The van der Waals surface area contributed by atoms with Crippen LogP contribution in [-0.4, -0.2) is 58.6 Å². The molecule has 26 heavy (non-hydrogen) atoms. The molecule has 0 saturated carbocycles. The van der Waals surface area contributed by atoms with Crippen LogP contribution in [0.25, 0.3) is 0 Å². The molecule has 2 aromatic heterocycles. The van der Waals surface area contributed by atoms with E-state index in [2.05, 4.69) is 14.9 Å². The van der Waals surface area contributed by atoms with E-state index in [9.17, 15) is 4.79 Å². The van der Waals surface area contributed by atoms with E-state index < -0.39 is 0 Å². The third-order valence-corrected chi connectivity index (χ3v) is 4.89. The van der Waals surface area contributed by atoms with Crippen LogP contribution in [-0.2, 0) is 16.0 Å². The van der Waals surface area contributed by atoms with Crippen LogP contribution in [0.15, 0.2) is 36.7 Å². The van der Waals surface area contributed by atoms with E-state index in [1.165, 1.54) is 12.8 Å². The molecule has 2 aliphatic rings. The molecule has 7 heteroatoms. The summed E-state index contributed by atoms with van der Waals surface area (Å²) in [6, 6.07) is 7.32. The van der Waals surface area contributed by atoms with Gasteiger partial charge in [-0.25, -0.2) is 9.97 Å². The molecule has 0 aromatic carbocycles. The Morgan fingerprint density at radius 3 is 2.81 bits per heavy atom. The number of amides is 1. The first-order valence-electron chi connectivity index (χ1n) is 9.16. The molecule has 2 aliphatic heterocycles. The van der Waals surface area contributed by atoms with Crippen molar-refractivity contribution in [1.82, 2.24) is 19.9 Å². The number of carbonyl (C=O) groups is 1. The zero-order valence-electron chi connectivity index (χ0n) is 14.8. The van der Waals surface area contributed by atoms with Gasteiger partial charge in [-0.2, -0.15) is 0 Å². The lowest BCUT2D eigenvalue weighted by Crippen LogP contribution is -2.45. The van der Waals surface area contributed by atoms with Crippen LogP contribution in [0.2, 0.25) is 0 Å². The lowest BCUT2D eigenvalue weighted by Gasteiger charge is -2.35. The topological polar surface area (TPSA) is 71.5 Å². The zero-order chi connectivity index (χ0) is 17.8. The first kappa shape index (κ1) is 16.9. The number of hydrogen-bond donors (Lipinski definition) is 0. The van der Waals surface area contributed by atoms with Crippen LogP contribution in [0, 0.1) is 0 Å². The van der Waals surface area contributed by atoms with Gasteiger partial charge in [-0.05, 0) is 31.0 Å². The fraction of sp³-hybridized carbons (Fsp3) is 0.474. The van der Waals surface area contributed by atoms with Crippen molar-refractivity contribution in [3.05, 3.63) is 48.2 Å². The van der Waals surface area contributed by atoms with Crippen molar-refractivity contribution in [2.45, 2.75) is 25.3 Å². The maximum Gasteiger partial charge on any atom is 0.229 e. The monoisotopic (exact) mass is 353 g/mol. The van der Waals surface area contributed by atoms with Crippen molar-refractivity contribution in [3.63, 3.8) is 0 Å². The Kier molecular flexibility index (Phi) is 5.06. The van der Waals surface area contributed by atoms with Gasteiger partial charge in [0.25, 0.3) is 0 Å². The first-order valence-corrected chi connectivity index (χ1v) is 9.16. The van der Waals surface area contributed by atoms with Crippen molar-refractivity contribution >= 4 is 11.7 Å². The van der Waals surface area contributed by atoms with E-state index >= 15 is 0 Å². The van der Waals surface area contributed by atoms with Crippen molar-refractivity contribution in [1.29, 1.82) is 0 Å². The number of rotatable bonds is 4. The molecule has 0 N–H and O–H groups in total. The van der Waals surface area contributed by atoms with E-state index in [4.69, 9.17) is 9.72 Å². The summed E-state index contributed by atoms with van der Waals surface area (Å²) in [5, 5.41) is 0. The fourth-order valence-corrected chi connectivity index (χ4v) is 3.52. The van der Waals surface area contributed by atoms with Crippen molar-refractivity contribution < 1.29 is 9.53 Å². The van der Waals surface area contributed by atoms with Gasteiger partial charge >= 0.3 is 0 Å². The molecule has 2 saturated heterocycles. The number of hydrogen-bond acceptors (Lipinski definition) is 6. The van der Waals surface area contributed by atoms with Gasteiger partial charge < -0.3 is 14.5 Å². The summed E-state index contributed by atoms with van der Waals surface area (Å²) < 4.78 is 5.63. The van der Waals surface area contributed by atoms with Gasteiger partial charge in [0.05, 0.1) is 19.6 Å². The van der Waals surface area contributed by atoms with Gasteiger partial charge in [0.1, 0.15) is 11.9 Å². The fourth-order valence-electron chi connectivity index (χ4n) is 3.52. The first-order chi connectivity index (χ1) is 12.8. The molecule has 1 amide bonds. The number of aromatic nitrogens is 3. The highest BCUT2D eigenvalue weighted by Crippen LogP contribution is 2.25. The number of carbonyl (C=O) groups excluding carboxylic acids is 1. The molecule has 4 rings (SSSR count). The lowest BCUT2D eigenvalue weighted by atomic mass is 10.1. The minimum atomic E-state index is -0.248. The van der Waals surface area contributed by atoms with Gasteiger partial charge in [0, 0.05) is 37.7 Å². The highest BCUT2D eigenvalue weighted by Gasteiger charge is 2.31. The highest BCUT2D eigenvalue weighted by atomic mass is 16.5. The zero-order valence-corrected chi connectivity index (χ0v) is 14.8. The summed E-state index contributed by atoms with van der Waals surface area (Å²) in [6.07, 6.45) is 6.17. The molecule has 0 radical (unpaired) electrons. The standard InChI is InChI=1S/C19H23N5O2/c25-18(13-15-5-1-2-7-20-15)24-11-12-26-14-16(24)19-21-8-6-17(22-19)23-9-3-4-10-23/h1-2,5-8,16H,3-4,9-14H2/t16-/m0/s1. The highest BCUT2D eigenvalue weighted by molar-refractivity contribution is 5.78. The van der Waals surface area contributed by atoms with E-state index in [1.807, 2.05) is 29.2 Å². The summed E-state index contributed by atoms with van der Waals surface area (Å²) in [7, 11) is 0. The molecule has 0 aliphatic carbocycles. The minimum absolute atomic E-state index is 0.0344. The average Bonchev–Trinajstić information content (AvgIpc) is 3.24. The van der Waals surface area contributed by atoms with Crippen LogP contribution < -0.4 is 4.90 Å². The maximum absolute atomic E-state index is 12.9. The number of pyridine rings is 1. The van der Waals surface area contributed by atoms with E-state index in [1.54, 1.807) is 12.4 Å². The Hall–Kier alpha value is -2.54. The third kappa shape index (κ3) is 3.67. The second-order valence-electron chi connectivity index (χ2n) is 6.64. The average molecular weight is 353 g/mol. The third-order valence-electron chi connectivity index (χ3n) is 4.89. The second kappa shape index (κ2) is 7.78. The normalized spacial score (nSPS) is 20.4. The molecule has 136 valence electrons. The van der Waals surface area contributed by atoms with E-state index in [-0.39, 0.29) is 18.4 Å². The molecular weight excluding hydrogens is 330 g/mol. The van der Waals surface area contributed by atoms with E-state index in [0.717, 1.165) is 24.6 Å². The van der Waals surface area contributed by atoms with Gasteiger partial charge in [0.15, 0.2) is 5.82 Å². The number of anilines is 1. The van der Waals surface area contributed by atoms with Gasteiger partial charge in [-0.3, -0.25) is 9.78 Å². The number of nitrogens with zero attached hydrogens (tertiary/aromatic N) is 5. The predicted octanol–water partition coefficient (Wildman–Crippen LogP) is 1.61. The van der Waals surface area contributed by atoms with Crippen LogP contribution in [0.3, 0.4) is 0 Å². The molecule has 1 atom stereocenters. The molecule has 0 spiro atoms. The summed E-state index contributed by atoms with van der Waals surface area (Å²) in [5.41, 5.74) is 0.773. The van der Waals surface area contributed by atoms with Crippen LogP contribution in [0.4, 0.5) is 5.82 Å². The van der Waals surface area contributed by atoms with Gasteiger partial charge in [-0.15, -0.1) is 0 Å². The van der Waals surface area contributed by atoms with Crippen molar-refractivity contribution in [3.8, 4) is 0 Å². The Labute approximate surface area is 153 Å². The Morgan fingerprint density at radius 2 is 2.00 bits per heavy atom. The molecule has 2 aromatic rings. The van der Waals surface area contributed by atoms with E-state index in [0.29, 0.717) is 25.6 Å². The molecule has 2 fully saturated rings. The second-order valence-corrected chi connectivity index (χ2v) is 6.64. The van der Waals surface area contributed by atoms with Crippen LogP contribution in [0.1, 0.15) is 30.4 Å². The Morgan fingerprint density at radius 1 is 1.12 bits per heavy atom. The summed E-state index contributed by atoms with van der Waals surface area (Å²) >= 11 is 0. The van der Waals surface area contributed by atoms with Crippen LogP contribution >= 0.6 is 0 Å². The van der Waals surface area contributed by atoms with Gasteiger partial charge in [0.2, 0.25) is 5.91 Å². The van der Waals surface area contributed by atoms with Crippen LogP contribution in [0.5, 0.6) is 0 Å². The Balaban J connectivity index is 1.53. The number of ether oxygens (including phenoxy) is 1. The smallest absolute Gasteiger partial charge is 0.229 e. The molecule has 0 unspecified atom stereocenters. The molecule has 4 heterocycles. The quantitative estimate of drug-likeness (QED) is 0.832. The lowest BCUT2D eigenvalue weighted by molar-refractivity contribution is -0.139. The predicted molar refractivity (Wildman–Crippen MR) is 96.7 cm³/mol. The number of morpholine rings is 1. The van der Waals surface area contributed by atoms with Gasteiger partial charge in [-0.1, -0.05) is 6.07 Å². The molecular formula is C19H23N5O2. The SMILES string of the molecule is O=C(Cc1ccccn1)N1CCOC[C@H]1c1nccc(N2CCCC2)n1. The minimum Gasteiger partial charge on any atom is -0.377 e. The Bertz CT molecular complexity index is 749. The maximum atomic E-state index is 12.9. The molecule has 0 bridgehead atoms. The van der Waals surface area contributed by atoms with Crippen molar-refractivity contribution in [2.75, 3.05) is 37.7 Å². The summed E-state index contributed by atoms with van der Waals surface area (Å²) in [4.78, 5) is 30.4. The van der Waals surface area contributed by atoms with Crippen molar-refractivity contribution in [2.24, 2.45) is 0 Å². The summed E-state index contributed by atoms with van der Waals surface area (Å²) in [6.45, 7) is 3.57. The summed E-state index contributed by atoms with van der Waals surface area (Å²) in [5.74, 6) is 1.63. The molecule has 7 nitrogen and oxygen atoms in total. The largest absolute Gasteiger partial charge is 0.377 e.